The zero-order valence-corrected chi connectivity index (χ0v) is 8.90. The Morgan fingerprint density at radius 1 is 1.29 bits per heavy atom. The Hall–Kier alpha value is -1.10. The van der Waals surface area contributed by atoms with E-state index in [4.69, 9.17) is 5.11 Å². The average Bonchev–Trinajstić information content (AvgIpc) is 2.11. The molecule has 2 N–H and O–H groups in total. The summed E-state index contributed by atoms with van der Waals surface area (Å²) >= 11 is 0. The number of amides is 1. The van der Waals surface area contributed by atoms with E-state index in [2.05, 4.69) is 10.1 Å². The van der Waals surface area contributed by atoms with Crippen molar-refractivity contribution < 1.29 is 19.4 Å². The number of carbonyl (C=O) groups is 2. The van der Waals surface area contributed by atoms with E-state index in [1.165, 1.54) is 14.0 Å². The minimum absolute atomic E-state index is 0.0786. The third kappa shape index (κ3) is 3.74. The molecule has 0 fully saturated rings. The van der Waals surface area contributed by atoms with Crippen LogP contribution in [-0.2, 0) is 14.3 Å². The van der Waals surface area contributed by atoms with Crippen LogP contribution in [0.3, 0.4) is 0 Å². The summed E-state index contributed by atoms with van der Waals surface area (Å²) in [6.45, 7) is 4.90. The summed E-state index contributed by atoms with van der Waals surface area (Å²) in [5, 5.41) is 11.3. The van der Waals surface area contributed by atoms with Gasteiger partial charge in [-0.05, 0) is 12.8 Å². The first-order valence-electron chi connectivity index (χ1n) is 4.46. The van der Waals surface area contributed by atoms with Crippen LogP contribution in [0.5, 0.6) is 0 Å². The van der Waals surface area contributed by atoms with Gasteiger partial charge in [0.15, 0.2) is 0 Å². The van der Waals surface area contributed by atoms with Crippen LogP contribution >= 0.6 is 0 Å². The molecule has 0 aliphatic heterocycles. The highest BCUT2D eigenvalue weighted by atomic mass is 16.5. The molecule has 82 valence electrons. The molecule has 0 aromatic heterocycles. The van der Waals surface area contributed by atoms with E-state index in [9.17, 15) is 9.59 Å². The number of nitrogens with one attached hydrogen (secondary N) is 1. The topological polar surface area (TPSA) is 75.6 Å². The van der Waals surface area contributed by atoms with E-state index in [0.29, 0.717) is 0 Å². The van der Waals surface area contributed by atoms with Crippen LogP contribution in [-0.4, -0.2) is 36.2 Å². The van der Waals surface area contributed by atoms with E-state index in [0.717, 1.165) is 0 Å². The maximum absolute atomic E-state index is 11.2. The zero-order chi connectivity index (χ0) is 11.3. The first kappa shape index (κ1) is 12.9. The van der Waals surface area contributed by atoms with Gasteiger partial charge in [-0.15, -0.1) is 0 Å². The fraction of sp³-hybridized carbons (Fsp3) is 0.778. The Morgan fingerprint density at radius 2 is 1.79 bits per heavy atom. The Morgan fingerprint density at radius 3 is 2.07 bits per heavy atom. The summed E-state index contributed by atoms with van der Waals surface area (Å²) < 4.78 is 4.52. The van der Waals surface area contributed by atoms with Crippen LogP contribution in [0.25, 0.3) is 0 Å². The summed E-state index contributed by atoms with van der Waals surface area (Å²) in [7, 11) is 1.26. The van der Waals surface area contributed by atoms with Gasteiger partial charge in [-0.3, -0.25) is 4.79 Å². The molecule has 0 bridgehead atoms. The minimum Gasteiger partial charge on any atom is -0.467 e. The van der Waals surface area contributed by atoms with Crippen molar-refractivity contribution in [2.24, 2.45) is 5.92 Å². The maximum Gasteiger partial charge on any atom is 0.328 e. The molecule has 0 saturated carbocycles. The number of esters is 1. The molecule has 0 saturated heterocycles. The SMILES string of the molecule is COC(=O)C(NC(=O)C(C)O)C(C)C. The third-order valence-electron chi connectivity index (χ3n) is 1.80. The molecule has 0 aliphatic rings. The molecule has 0 heterocycles. The van der Waals surface area contributed by atoms with Crippen LogP contribution in [0, 0.1) is 5.92 Å². The lowest BCUT2D eigenvalue weighted by atomic mass is 10.0. The quantitative estimate of drug-likeness (QED) is 0.614. The van der Waals surface area contributed by atoms with E-state index in [-0.39, 0.29) is 5.92 Å². The van der Waals surface area contributed by atoms with Gasteiger partial charge in [0, 0.05) is 0 Å². The number of hydrogen-bond acceptors (Lipinski definition) is 4. The summed E-state index contributed by atoms with van der Waals surface area (Å²) in [4.78, 5) is 22.3. The molecule has 1 amide bonds. The van der Waals surface area contributed by atoms with Crippen LogP contribution in [0.2, 0.25) is 0 Å². The van der Waals surface area contributed by atoms with Crippen LogP contribution in [0.1, 0.15) is 20.8 Å². The summed E-state index contributed by atoms with van der Waals surface area (Å²) in [5.74, 6) is -1.16. The van der Waals surface area contributed by atoms with Crippen molar-refractivity contribution in [3.05, 3.63) is 0 Å². The van der Waals surface area contributed by atoms with E-state index >= 15 is 0 Å². The molecule has 2 atom stereocenters. The Labute approximate surface area is 83.4 Å². The van der Waals surface area contributed by atoms with Gasteiger partial charge in [0.25, 0.3) is 0 Å². The number of ether oxygens (including phenoxy) is 1. The minimum atomic E-state index is -1.12. The van der Waals surface area contributed by atoms with Crippen molar-refractivity contribution in [3.8, 4) is 0 Å². The number of aliphatic hydroxyl groups excluding tert-OH is 1. The van der Waals surface area contributed by atoms with Gasteiger partial charge in [-0.2, -0.15) is 0 Å². The lowest BCUT2D eigenvalue weighted by Crippen LogP contribution is -2.48. The molecule has 2 unspecified atom stereocenters. The smallest absolute Gasteiger partial charge is 0.328 e. The number of rotatable bonds is 4. The molecular formula is C9H17NO4. The fourth-order valence-electron chi connectivity index (χ4n) is 0.899. The molecule has 14 heavy (non-hydrogen) atoms. The average molecular weight is 203 g/mol. The molecule has 5 heteroatoms. The van der Waals surface area contributed by atoms with Gasteiger partial charge < -0.3 is 15.2 Å². The van der Waals surface area contributed by atoms with Crippen LogP contribution in [0.15, 0.2) is 0 Å². The Kier molecular flexibility index (Phi) is 5.15. The highest BCUT2D eigenvalue weighted by molar-refractivity contribution is 5.86. The zero-order valence-electron chi connectivity index (χ0n) is 8.90. The normalized spacial score (nSPS) is 14.7. The highest BCUT2D eigenvalue weighted by Crippen LogP contribution is 2.03. The monoisotopic (exact) mass is 203 g/mol. The maximum atomic E-state index is 11.2. The van der Waals surface area contributed by atoms with Crippen LogP contribution in [0.4, 0.5) is 0 Å². The van der Waals surface area contributed by atoms with Gasteiger partial charge in [0.05, 0.1) is 7.11 Å². The first-order valence-corrected chi connectivity index (χ1v) is 4.46. The summed E-state index contributed by atoms with van der Waals surface area (Å²) in [6, 6.07) is -0.706. The predicted molar refractivity (Wildman–Crippen MR) is 50.5 cm³/mol. The van der Waals surface area contributed by atoms with Gasteiger partial charge in [0.2, 0.25) is 5.91 Å². The standard InChI is InChI=1S/C9H17NO4/c1-5(2)7(9(13)14-4)10-8(12)6(3)11/h5-7,11H,1-4H3,(H,10,12). The van der Waals surface area contributed by atoms with Crippen molar-refractivity contribution in [2.75, 3.05) is 7.11 Å². The summed E-state index contributed by atoms with van der Waals surface area (Å²) in [6.07, 6.45) is -1.12. The number of carbonyl (C=O) groups excluding carboxylic acids is 2. The van der Waals surface area contributed by atoms with Gasteiger partial charge in [-0.1, -0.05) is 13.8 Å². The molecule has 0 aromatic carbocycles. The predicted octanol–water partition coefficient (Wildman–Crippen LogP) is -0.319. The van der Waals surface area contributed by atoms with Gasteiger partial charge in [0.1, 0.15) is 12.1 Å². The first-order chi connectivity index (χ1) is 6.40. The van der Waals surface area contributed by atoms with Crippen molar-refractivity contribution in [1.82, 2.24) is 5.32 Å². The van der Waals surface area contributed by atoms with Gasteiger partial charge in [-0.25, -0.2) is 4.79 Å². The molecule has 0 rings (SSSR count). The van der Waals surface area contributed by atoms with Crippen molar-refractivity contribution in [3.63, 3.8) is 0 Å². The van der Waals surface area contributed by atoms with Crippen molar-refractivity contribution >= 4 is 11.9 Å². The van der Waals surface area contributed by atoms with Crippen molar-refractivity contribution in [2.45, 2.75) is 32.9 Å². The van der Waals surface area contributed by atoms with E-state index < -0.39 is 24.0 Å². The second kappa shape index (κ2) is 5.59. The fourth-order valence-corrected chi connectivity index (χ4v) is 0.899. The highest BCUT2D eigenvalue weighted by Gasteiger charge is 2.25. The van der Waals surface area contributed by atoms with Crippen molar-refractivity contribution in [1.29, 1.82) is 0 Å². The molecular weight excluding hydrogens is 186 g/mol. The Bertz CT molecular complexity index is 213. The van der Waals surface area contributed by atoms with E-state index in [1.807, 2.05) is 0 Å². The Balaban J connectivity index is 4.38. The number of aliphatic hydroxyl groups is 1. The molecule has 0 aliphatic carbocycles. The second-order valence-corrected chi connectivity index (χ2v) is 3.43. The lowest BCUT2D eigenvalue weighted by Gasteiger charge is -2.20. The van der Waals surface area contributed by atoms with Gasteiger partial charge >= 0.3 is 5.97 Å². The third-order valence-corrected chi connectivity index (χ3v) is 1.80. The molecule has 0 radical (unpaired) electrons. The lowest BCUT2D eigenvalue weighted by molar-refractivity contribution is -0.147. The summed E-state index contributed by atoms with van der Waals surface area (Å²) in [5.41, 5.74) is 0. The molecule has 0 spiro atoms. The number of hydrogen-bond donors (Lipinski definition) is 2. The second-order valence-electron chi connectivity index (χ2n) is 3.43. The number of methoxy groups -OCH3 is 1. The van der Waals surface area contributed by atoms with Crippen LogP contribution < -0.4 is 5.32 Å². The molecule has 0 aromatic rings. The van der Waals surface area contributed by atoms with E-state index in [1.54, 1.807) is 13.8 Å². The molecule has 5 nitrogen and oxygen atoms in total. The largest absolute Gasteiger partial charge is 0.467 e.